The molecule has 2 atom stereocenters. The summed E-state index contributed by atoms with van der Waals surface area (Å²) in [5, 5.41) is 2.73. The van der Waals surface area contributed by atoms with Crippen molar-refractivity contribution in [3.8, 4) is 0 Å². The number of nitrogens with zero attached hydrogens (tertiary/aromatic N) is 1. The predicted molar refractivity (Wildman–Crippen MR) is 91.3 cm³/mol. The highest BCUT2D eigenvalue weighted by Crippen LogP contribution is 2.22. The molecule has 1 aromatic carbocycles. The molecule has 2 rings (SSSR count). The second-order valence-corrected chi connectivity index (χ2v) is 8.38. The highest BCUT2D eigenvalue weighted by atomic mass is 32.2. The molecule has 0 spiro atoms. The van der Waals surface area contributed by atoms with Gasteiger partial charge in [0.25, 0.3) is 0 Å². The van der Waals surface area contributed by atoms with Gasteiger partial charge in [0.05, 0.1) is 11.8 Å². The lowest BCUT2D eigenvalue weighted by Gasteiger charge is -2.27. The van der Waals surface area contributed by atoms with E-state index in [-0.39, 0.29) is 5.75 Å². The van der Waals surface area contributed by atoms with Crippen molar-refractivity contribution in [3.63, 3.8) is 0 Å². The summed E-state index contributed by atoms with van der Waals surface area (Å²) in [6.45, 7) is 3.96. The number of nitrogens with one attached hydrogen (secondary N) is 1. The molecule has 0 aliphatic carbocycles. The minimum Gasteiger partial charge on any atom is -0.348 e. The van der Waals surface area contributed by atoms with Gasteiger partial charge in [-0.25, -0.2) is 17.2 Å². The lowest BCUT2D eigenvalue weighted by molar-refractivity contribution is -0.125. The van der Waals surface area contributed by atoms with Crippen LogP contribution in [0.15, 0.2) is 18.2 Å². The third-order valence-corrected chi connectivity index (χ3v) is 6.38. The van der Waals surface area contributed by atoms with Gasteiger partial charge in [0.15, 0.2) is 11.6 Å². The normalized spacial score (nSPS) is 19.5. The molecule has 1 N–H and O–H groups in total. The third kappa shape index (κ3) is 4.76. The van der Waals surface area contributed by atoms with Gasteiger partial charge < -0.3 is 5.32 Å². The van der Waals surface area contributed by atoms with Gasteiger partial charge in [0, 0.05) is 6.54 Å². The van der Waals surface area contributed by atoms with Crippen molar-refractivity contribution in [1.82, 2.24) is 9.62 Å². The molecule has 0 radical (unpaired) electrons. The molecule has 1 aliphatic rings. The zero-order chi connectivity index (χ0) is 18.6. The van der Waals surface area contributed by atoms with Crippen LogP contribution in [0, 0.1) is 11.6 Å². The quantitative estimate of drug-likeness (QED) is 0.798. The summed E-state index contributed by atoms with van der Waals surface area (Å²) >= 11 is 0. The van der Waals surface area contributed by atoms with E-state index in [4.69, 9.17) is 0 Å². The van der Waals surface area contributed by atoms with Crippen molar-refractivity contribution in [2.24, 2.45) is 0 Å². The van der Waals surface area contributed by atoms with Crippen LogP contribution in [0.4, 0.5) is 8.78 Å². The van der Waals surface area contributed by atoms with Crippen LogP contribution >= 0.6 is 0 Å². The van der Waals surface area contributed by atoms with E-state index in [1.807, 2.05) is 6.92 Å². The molecule has 0 aromatic heterocycles. The maximum absolute atomic E-state index is 13.4. The summed E-state index contributed by atoms with van der Waals surface area (Å²) in [5.41, 5.74) is 0.422. The van der Waals surface area contributed by atoms with Gasteiger partial charge >= 0.3 is 0 Å². The van der Waals surface area contributed by atoms with E-state index in [9.17, 15) is 22.0 Å². The van der Waals surface area contributed by atoms with E-state index in [1.165, 1.54) is 10.4 Å². The maximum Gasteiger partial charge on any atom is 0.238 e. The third-order valence-electron chi connectivity index (χ3n) is 4.42. The summed E-state index contributed by atoms with van der Waals surface area (Å²) in [4.78, 5) is 12.7. The van der Waals surface area contributed by atoms with Crippen LogP contribution in [0.1, 0.15) is 51.1 Å². The lowest BCUT2D eigenvalue weighted by Crippen LogP contribution is -2.48. The standard InChI is InChI=1S/C17H24F2N2O3S/c1-3-4-6-16(21-9-5-10-25(21,23)24)17(22)20-12(2)13-7-8-14(18)15(19)11-13/h7-8,11-12,16H,3-6,9-10H2,1-2H3,(H,20,22)/t12-,16+/m0/s1. The highest BCUT2D eigenvalue weighted by molar-refractivity contribution is 7.89. The number of unbranched alkanes of at least 4 members (excludes halogenated alkanes) is 1. The molecular formula is C17H24F2N2O3S. The molecule has 0 saturated carbocycles. The fraction of sp³-hybridized carbons (Fsp3) is 0.588. The average Bonchev–Trinajstić information content (AvgIpc) is 2.89. The number of benzene rings is 1. The Bertz CT molecular complexity index is 725. The highest BCUT2D eigenvalue weighted by Gasteiger charge is 2.38. The first-order valence-electron chi connectivity index (χ1n) is 8.51. The second-order valence-electron chi connectivity index (χ2n) is 6.34. The molecule has 140 valence electrons. The Morgan fingerprint density at radius 2 is 2.04 bits per heavy atom. The molecule has 1 amide bonds. The summed E-state index contributed by atoms with van der Waals surface area (Å²) in [5.74, 6) is -2.28. The van der Waals surface area contributed by atoms with E-state index < -0.39 is 39.6 Å². The second kappa shape index (κ2) is 8.23. The van der Waals surface area contributed by atoms with Crippen LogP contribution < -0.4 is 5.32 Å². The minimum absolute atomic E-state index is 0.0572. The smallest absolute Gasteiger partial charge is 0.238 e. The Morgan fingerprint density at radius 3 is 2.60 bits per heavy atom. The van der Waals surface area contributed by atoms with Gasteiger partial charge in [0.2, 0.25) is 15.9 Å². The van der Waals surface area contributed by atoms with Gasteiger partial charge in [-0.1, -0.05) is 25.8 Å². The van der Waals surface area contributed by atoms with Gasteiger partial charge in [-0.05, 0) is 37.5 Å². The van der Waals surface area contributed by atoms with Gasteiger partial charge in [-0.3, -0.25) is 4.79 Å². The monoisotopic (exact) mass is 374 g/mol. The molecular weight excluding hydrogens is 350 g/mol. The van der Waals surface area contributed by atoms with Crippen molar-refractivity contribution >= 4 is 15.9 Å². The molecule has 1 aliphatic heterocycles. The van der Waals surface area contributed by atoms with Crippen molar-refractivity contribution < 1.29 is 22.0 Å². The SMILES string of the molecule is CCCC[C@H](C(=O)N[C@@H](C)c1ccc(F)c(F)c1)N1CCCS1(=O)=O. The van der Waals surface area contributed by atoms with Crippen molar-refractivity contribution in [1.29, 1.82) is 0 Å². The molecule has 0 bridgehead atoms. The summed E-state index contributed by atoms with van der Waals surface area (Å²) in [6.07, 6.45) is 2.52. The Balaban J connectivity index is 2.14. The minimum atomic E-state index is -3.41. The lowest BCUT2D eigenvalue weighted by atomic mass is 10.1. The van der Waals surface area contributed by atoms with Crippen LogP contribution in [0.25, 0.3) is 0 Å². The predicted octanol–water partition coefficient (Wildman–Crippen LogP) is 2.74. The van der Waals surface area contributed by atoms with Crippen LogP contribution in [0.5, 0.6) is 0 Å². The average molecular weight is 374 g/mol. The van der Waals surface area contributed by atoms with Crippen LogP contribution in [0.2, 0.25) is 0 Å². The Hall–Kier alpha value is -1.54. The Morgan fingerprint density at radius 1 is 1.32 bits per heavy atom. The number of rotatable bonds is 7. The van der Waals surface area contributed by atoms with E-state index in [1.54, 1.807) is 6.92 Å². The topological polar surface area (TPSA) is 66.5 Å². The fourth-order valence-corrected chi connectivity index (χ4v) is 4.71. The number of hydrogen-bond acceptors (Lipinski definition) is 3. The number of sulfonamides is 1. The molecule has 1 saturated heterocycles. The fourth-order valence-electron chi connectivity index (χ4n) is 2.99. The van der Waals surface area contributed by atoms with E-state index >= 15 is 0 Å². The van der Waals surface area contributed by atoms with Crippen molar-refractivity contribution in [3.05, 3.63) is 35.4 Å². The molecule has 0 unspecified atom stereocenters. The Kier molecular flexibility index (Phi) is 6.51. The Labute approximate surface area is 147 Å². The molecule has 1 heterocycles. The number of halogens is 2. The molecule has 25 heavy (non-hydrogen) atoms. The largest absolute Gasteiger partial charge is 0.348 e. The van der Waals surface area contributed by atoms with Gasteiger partial charge in [-0.2, -0.15) is 4.31 Å². The summed E-state index contributed by atoms with van der Waals surface area (Å²) < 4.78 is 52.0. The van der Waals surface area contributed by atoms with Crippen LogP contribution in [-0.4, -0.2) is 37.0 Å². The number of hydrogen-bond donors (Lipinski definition) is 1. The molecule has 1 fully saturated rings. The molecule has 8 heteroatoms. The first-order chi connectivity index (χ1) is 11.8. The zero-order valence-corrected chi connectivity index (χ0v) is 15.3. The first-order valence-corrected chi connectivity index (χ1v) is 10.1. The van der Waals surface area contributed by atoms with E-state index in [0.717, 1.165) is 25.0 Å². The van der Waals surface area contributed by atoms with Crippen LogP contribution in [-0.2, 0) is 14.8 Å². The maximum atomic E-state index is 13.4. The zero-order valence-electron chi connectivity index (χ0n) is 14.5. The van der Waals surface area contributed by atoms with E-state index in [0.29, 0.717) is 24.9 Å². The number of amides is 1. The first kappa shape index (κ1) is 19.8. The van der Waals surface area contributed by atoms with Crippen LogP contribution in [0.3, 0.4) is 0 Å². The summed E-state index contributed by atoms with van der Waals surface area (Å²) in [6, 6.07) is 2.12. The van der Waals surface area contributed by atoms with E-state index in [2.05, 4.69) is 5.32 Å². The molecule has 1 aromatic rings. The van der Waals surface area contributed by atoms with Gasteiger partial charge in [-0.15, -0.1) is 0 Å². The van der Waals surface area contributed by atoms with Crippen molar-refractivity contribution in [2.45, 2.75) is 51.6 Å². The number of carbonyl (C=O) groups is 1. The number of carbonyl (C=O) groups excluding carboxylic acids is 1. The van der Waals surface area contributed by atoms with Gasteiger partial charge in [0.1, 0.15) is 6.04 Å². The summed E-state index contributed by atoms with van der Waals surface area (Å²) in [7, 11) is -3.41. The molecule has 5 nitrogen and oxygen atoms in total. The van der Waals surface area contributed by atoms with Crippen molar-refractivity contribution in [2.75, 3.05) is 12.3 Å².